The summed E-state index contributed by atoms with van der Waals surface area (Å²) in [7, 11) is 2.05. The third-order valence-electron chi connectivity index (χ3n) is 2.83. The van der Waals surface area contributed by atoms with Gasteiger partial charge in [-0.05, 0) is 29.8 Å². The van der Waals surface area contributed by atoms with Crippen LogP contribution in [0, 0.1) is 0 Å². The van der Waals surface area contributed by atoms with Crippen molar-refractivity contribution in [3.63, 3.8) is 0 Å². The molecule has 0 saturated heterocycles. The first kappa shape index (κ1) is 11.4. The molecule has 1 aromatic heterocycles. The summed E-state index contributed by atoms with van der Waals surface area (Å²) < 4.78 is 3.22. The van der Waals surface area contributed by atoms with E-state index in [9.17, 15) is 0 Å². The fourth-order valence-corrected chi connectivity index (χ4v) is 2.40. The Balaban J connectivity index is 2.40. The third kappa shape index (κ3) is 2.20. The zero-order valence-corrected chi connectivity index (χ0v) is 10.8. The first-order valence-electron chi connectivity index (χ1n) is 5.29. The molecule has 2 rings (SSSR count). The molecule has 2 aromatic rings. The molecule has 0 aliphatic rings. The molecule has 0 amide bonds. The summed E-state index contributed by atoms with van der Waals surface area (Å²) in [6, 6.07) is 12.5. The van der Waals surface area contributed by atoms with Crippen molar-refractivity contribution < 1.29 is 0 Å². The highest BCUT2D eigenvalue weighted by atomic mass is 79.9. The maximum absolute atomic E-state index is 5.89. The summed E-state index contributed by atoms with van der Waals surface area (Å²) in [5.41, 5.74) is 8.39. The average Bonchev–Trinajstić information content (AvgIpc) is 2.67. The van der Waals surface area contributed by atoms with E-state index < -0.39 is 0 Å². The van der Waals surface area contributed by atoms with E-state index in [1.54, 1.807) is 0 Å². The van der Waals surface area contributed by atoms with Crippen LogP contribution in [0.1, 0.15) is 17.2 Å². The van der Waals surface area contributed by atoms with Crippen molar-refractivity contribution in [3.05, 3.63) is 58.3 Å². The Morgan fingerprint density at radius 2 is 2.12 bits per heavy atom. The Bertz CT molecular complexity index is 476. The molecule has 0 aliphatic carbocycles. The van der Waals surface area contributed by atoms with Crippen LogP contribution in [0.5, 0.6) is 0 Å². The Kier molecular flexibility index (Phi) is 3.46. The topological polar surface area (TPSA) is 30.9 Å². The molecule has 1 aromatic carbocycles. The van der Waals surface area contributed by atoms with E-state index >= 15 is 0 Å². The summed E-state index contributed by atoms with van der Waals surface area (Å²) in [6.45, 7) is 0.619. The minimum absolute atomic E-state index is 0.262. The molecular weight excluding hydrogens is 264 g/mol. The average molecular weight is 279 g/mol. The molecular formula is C13H15BrN2. The highest BCUT2D eigenvalue weighted by molar-refractivity contribution is 9.10. The molecule has 84 valence electrons. The van der Waals surface area contributed by atoms with Gasteiger partial charge in [0.15, 0.2) is 0 Å². The van der Waals surface area contributed by atoms with Crippen molar-refractivity contribution >= 4 is 15.9 Å². The number of benzene rings is 1. The Morgan fingerprint density at radius 3 is 2.69 bits per heavy atom. The third-order valence-corrected chi connectivity index (χ3v) is 3.32. The molecule has 0 aliphatic heterocycles. The van der Waals surface area contributed by atoms with Gasteiger partial charge in [-0.15, -0.1) is 0 Å². The lowest BCUT2D eigenvalue weighted by molar-refractivity contribution is 0.725. The summed E-state index contributed by atoms with van der Waals surface area (Å²) in [5, 5.41) is 0. The number of aryl methyl sites for hydroxylation is 1. The molecule has 16 heavy (non-hydrogen) atoms. The Hall–Kier alpha value is -1.06. The standard InChI is InChI=1S/C13H15BrN2/c1-16-7-3-6-13(16)12(9-15)10-4-2-5-11(14)8-10/h2-8,12H,9,15H2,1H3. The van der Waals surface area contributed by atoms with E-state index in [0.29, 0.717) is 6.54 Å². The lowest BCUT2D eigenvalue weighted by atomic mass is 9.96. The van der Waals surface area contributed by atoms with Crippen LogP contribution in [0.3, 0.4) is 0 Å². The zero-order chi connectivity index (χ0) is 11.5. The second kappa shape index (κ2) is 4.85. The zero-order valence-electron chi connectivity index (χ0n) is 9.23. The maximum Gasteiger partial charge on any atom is 0.0365 e. The van der Waals surface area contributed by atoms with Crippen molar-refractivity contribution in [2.24, 2.45) is 12.8 Å². The largest absolute Gasteiger partial charge is 0.354 e. The first-order chi connectivity index (χ1) is 7.72. The second-order valence-electron chi connectivity index (χ2n) is 3.89. The van der Waals surface area contributed by atoms with E-state index in [-0.39, 0.29) is 5.92 Å². The van der Waals surface area contributed by atoms with Gasteiger partial charge in [0.2, 0.25) is 0 Å². The molecule has 0 bridgehead atoms. The summed E-state index contributed by atoms with van der Waals surface area (Å²) in [4.78, 5) is 0. The fraction of sp³-hybridized carbons (Fsp3) is 0.231. The number of aromatic nitrogens is 1. The summed E-state index contributed by atoms with van der Waals surface area (Å²) in [6.07, 6.45) is 2.05. The maximum atomic E-state index is 5.89. The van der Waals surface area contributed by atoms with Gasteiger partial charge in [0.25, 0.3) is 0 Å². The molecule has 1 heterocycles. The van der Waals surface area contributed by atoms with Gasteiger partial charge in [-0.2, -0.15) is 0 Å². The van der Waals surface area contributed by atoms with E-state index in [4.69, 9.17) is 5.73 Å². The number of hydrogen-bond acceptors (Lipinski definition) is 1. The van der Waals surface area contributed by atoms with Crippen LogP contribution in [0.2, 0.25) is 0 Å². The normalized spacial score (nSPS) is 12.7. The Morgan fingerprint density at radius 1 is 1.31 bits per heavy atom. The van der Waals surface area contributed by atoms with Crippen LogP contribution in [-0.2, 0) is 7.05 Å². The Labute approximate surface area is 104 Å². The fourth-order valence-electron chi connectivity index (χ4n) is 1.99. The molecule has 0 fully saturated rings. The van der Waals surface area contributed by atoms with Crippen LogP contribution in [-0.4, -0.2) is 11.1 Å². The predicted molar refractivity (Wildman–Crippen MR) is 70.5 cm³/mol. The smallest absolute Gasteiger partial charge is 0.0365 e. The molecule has 2 N–H and O–H groups in total. The quantitative estimate of drug-likeness (QED) is 0.920. The van der Waals surface area contributed by atoms with Crippen LogP contribution in [0.25, 0.3) is 0 Å². The number of nitrogens with two attached hydrogens (primary N) is 1. The molecule has 0 saturated carbocycles. The summed E-state index contributed by atoms with van der Waals surface area (Å²) >= 11 is 3.49. The van der Waals surface area contributed by atoms with Crippen molar-refractivity contribution in [2.45, 2.75) is 5.92 Å². The SMILES string of the molecule is Cn1cccc1C(CN)c1cccc(Br)c1. The monoisotopic (exact) mass is 278 g/mol. The number of rotatable bonds is 3. The van der Waals surface area contributed by atoms with Gasteiger partial charge in [0.05, 0.1) is 0 Å². The second-order valence-corrected chi connectivity index (χ2v) is 4.80. The molecule has 1 unspecified atom stereocenters. The highest BCUT2D eigenvalue weighted by Crippen LogP contribution is 2.25. The predicted octanol–water partition coefficient (Wildman–Crippen LogP) is 2.88. The van der Waals surface area contributed by atoms with E-state index in [0.717, 1.165) is 4.47 Å². The van der Waals surface area contributed by atoms with E-state index in [1.165, 1.54) is 11.3 Å². The molecule has 0 spiro atoms. The van der Waals surface area contributed by atoms with Crippen LogP contribution in [0.15, 0.2) is 47.1 Å². The van der Waals surface area contributed by atoms with Gasteiger partial charge in [-0.25, -0.2) is 0 Å². The van der Waals surface area contributed by atoms with Crippen LogP contribution in [0.4, 0.5) is 0 Å². The first-order valence-corrected chi connectivity index (χ1v) is 6.08. The van der Waals surface area contributed by atoms with Gasteiger partial charge < -0.3 is 10.3 Å². The highest BCUT2D eigenvalue weighted by Gasteiger charge is 2.14. The van der Waals surface area contributed by atoms with Crippen LogP contribution < -0.4 is 5.73 Å². The van der Waals surface area contributed by atoms with Crippen molar-refractivity contribution in [1.29, 1.82) is 0 Å². The van der Waals surface area contributed by atoms with E-state index in [2.05, 4.69) is 58.0 Å². The van der Waals surface area contributed by atoms with Crippen molar-refractivity contribution in [3.8, 4) is 0 Å². The molecule has 0 radical (unpaired) electrons. The summed E-state index contributed by atoms with van der Waals surface area (Å²) in [5.74, 6) is 0.262. The van der Waals surface area contributed by atoms with Gasteiger partial charge in [0, 0.05) is 35.9 Å². The van der Waals surface area contributed by atoms with Crippen molar-refractivity contribution in [2.75, 3.05) is 6.54 Å². The van der Waals surface area contributed by atoms with Crippen LogP contribution >= 0.6 is 15.9 Å². The number of hydrogen-bond donors (Lipinski definition) is 1. The minimum Gasteiger partial charge on any atom is -0.354 e. The van der Waals surface area contributed by atoms with Gasteiger partial charge in [0.1, 0.15) is 0 Å². The van der Waals surface area contributed by atoms with Crippen molar-refractivity contribution in [1.82, 2.24) is 4.57 Å². The number of nitrogens with zero attached hydrogens (tertiary/aromatic N) is 1. The molecule has 2 nitrogen and oxygen atoms in total. The van der Waals surface area contributed by atoms with Gasteiger partial charge in [-0.1, -0.05) is 28.1 Å². The van der Waals surface area contributed by atoms with Gasteiger partial charge in [-0.3, -0.25) is 0 Å². The van der Waals surface area contributed by atoms with Gasteiger partial charge >= 0.3 is 0 Å². The molecule has 1 atom stereocenters. The number of halogens is 1. The lowest BCUT2D eigenvalue weighted by Crippen LogP contribution is -2.16. The lowest BCUT2D eigenvalue weighted by Gasteiger charge is -2.16. The molecule has 3 heteroatoms. The van der Waals surface area contributed by atoms with E-state index in [1.807, 2.05) is 12.1 Å². The minimum atomic E-state index is 0.262.